The molecule has 0 aromatic rings. The second-order valence-corrected chi connectivity index (χ2v) is 6.54. The van der Waals surface area contributed by atoms with Crippen LogP contribution in [0.2, 0.25) is 0 Å². The molecule has 1 aliphatic heterocycles. The molecule has 1 unspecified atom stereocenters. The fourth-order valence-corrected chi connectivity index (χ4v) is 3.73. The molecule has 4 nitrogen and oxygen atoms in total. The van der Waals surface area contributed by atoms with Gasteiger partial charge in [0.15, 0.2) is 0 Å². The Morgan fingerprint density at radius 1 is 1.25 bits per heavy atom. The van der Waals surface area contributed by atoms with E-state index in [-0.39, 0.29) is 6.04 Å². The van der Waals surface area contributed by atoms with Gasteiger partial charge in [-0.1, -0.05) is 20.3 Å². The molecule has 2 aliphatic rings. The van der Waals surface area contributed by atoms with E-state index in [1.165, 1.54) is 12.8 Å². The minimum Gasteiger partial charge on any atom is -0.342 e. The Balaban J connectivity index is 1.75. The van der Waals surface area contributed by atoms with Crippen LogP contribution in [0.1, 0.15) is 46.0 Å². The highest BCUT2D eigenvalue weighted by Crippen LogP contribution is 2.28. The summed E-state index contributed by atoms with van der Waals surface area (Å²) in [6, 6.07) is 0.257. The van der Waals surface area contributed by atoms with Gasteiger partial charge < -0.3 is 15.5 Å². The number of likely N-dealkylation sites (tertiary alicyclic amines) is 1. The lowest BCUT2D eigenvalue weighted by Crippen LogP contribution is -2.35. The zero-order valence-corrected chi connectivity index (χ0v) is 13.2. The molecule has 3 atom stereocenters. The molecule has 116 valence electrons. The third kappa shape index (κ3) is 3.95. The van der Waals surface area contributed by atoms with Crippen LogP contribution in [0.25, 0.3) is 0 Å². The van der Waals surface area contributed by atoms with Gasteiger partial charge in [-0.25, -0.2) is 0 Å². The fraction of sp³-hybridized carbons (Fsp3) is 0.938. The third-order valence-corrected chi connectivity index (χ3v) is 5.20. The molecule has 1 aliphatic carbocycles. The van der Waals surface area contributed by atoms with Crippen molar-refractivity contribution in [2.45, 2.75) is 52.0 Å². The average molecular weight is 281 g/mol. The molecule has 20 heavy (non-hydrogen) atoms. The summed E-state index contributed by atoms with van der Waals surface area (Å²) in [6.07, 6.45) is 5.29. The second kappa shape index (κ2) is 7.41. The van der Waals surface area contributed by atoms with Crippen LogP contribution in [0.4, 0.5) is 0 Å². The van der Waals surface area contributed by atoms with Gasteiger partial charge in [0, 0.05) is 32.1 Å². The molecule has 0 aromatic carbocycles. The summed E-state index contributed by atoms with van der Waals surface area (Å²) in [5.74, 6) is 1.44. The van der Waals surface area contributed by atoms with Crippen LogP contribution in [-0.2, 0) is 4.79 Å². The number of rotatable bonds is 6. The van der Waals surface area contributed by atoms with Crippen molar-refractivity contribution in [3.05, 3.63) is 0 Å². The monoisotopic (exact) mass is 281 g/mol. The molecule has 0 spiro atoms. The molecular weight excluding hydrogens is 250 g/mol. The van der Waals surface area contributed by atoms with E-state index in [4.69, 9.17) is 5.73 Å². The maximum Gasteiger partial charge on any atom is 0.222 e. The number of carbonyl (C=O) groups is 1. The summed E-state index contributed by atoms with van der Waals surface area (Å²) < 4.78 is 0. The SMILES string of the molecule is CCN(CC)CC1CCN(C(=O)C[C@@H]2CCC[C@H]2N)C1. The first-order valence-electron chi connectivity index (χ1n) is 8.39. The van der Waals surface area contributed by atoms with Gasteiger partial charge in [0.2, 0.25) is 5.91 Å². The van der Waals surface area contributed by atoms with E-state index in [1.54, 1.807) is 0 Å². The standard InChI is InChI=1S/C16H31N3O/c1-3-18(4-2)11-13-8-9-19(12-13)16(20)10-14-6-5-7-15(14)17/h13-15H,3-12,17H2,1-2H3/t13?,14-,15+/m0/s1. The molecule has 2 rings (SSSR count). The van der Waals surface area contributed by atoms with E-state index in [0.717, 1.165) is 45.6 Å². The maximum absolute atomic E-state index is 12.4. The first kappa shape index (κ1) is 15.8. The second-order valence-electron chi connectivity index (χ2n) is 6.54. The van der Waals surface area contributed by atoms with Crippen LogP contribution in [0.5, 0.6) is 0 Å². The molecule has 0 bridgehead atoms. The molecule has 0 aromatic heterocycles. The van der Waals surface area contributed by atoms with Crippen molar-refractivity contribution in [2.24, 2.45) is 17.6 Å². The zero-order valence-electron chi connectivity index (χ0n) is 13.2. The van der Waals surface area contributed by atoms with Gasteiger partial charge in [-0.2, -0.15) is 0 Å². The normalized spacial score (nSPS) is 30.4. The lowest BCUT2D eigenvalue weighted by atomic mass is 9.99. The predicted molar refractivity (Wildman–Crippen MR) is 82.4 cm³/mol. The van der Waals surface area contributed by atoms with Gasteiger partial charge in [0.25, 0.3) is 0 Å². The third-order valence-electron chi connectivity index (χ3n) is 5.20. The van der Waals surface area contributed by atoms with Crippen LogP contribution >= 0.6 is 0 Å². The van der Waals surface area contributed by atoms with Crippen molar-refractivity contribution in [1.82, 2.24) is 9.80 Å². The summed E-state index contributed by atoms with van der Waals surface area (Å²) in [5.41, 5.74) is 6.08. The fourth-order valence-electron chi connectivity index (χ4n) is 3.73. The van der Waals surface area contributed by atoms with Crippen LogP contribution in [-0.4, -0.2) is 54.5 Å². The largest absolute Gasteiger partial charge is 0.342 e. The van der Waals surface area contributed by atoms with E-state index in [9.17, 15) is 4.79 Å². The minimum atomic E-state index is 0.257. The van der Waals surface area contributed by atoms with Gasteiger partial charge in [-0.05, 0) is 44.2 Å². The quantitative estimate of drug-likeness (QED) is 0.806. The summed E-state index contributed by atoms with van der Waals surface area (Å²) in [7, 11) is 0. The molecule has 1 saturated heterocycles. The highest BCUT2D eigenvalue weighted by atomic mass is 16.2. The van der Waals surface area contributed by atoms with Gasteiger partial charge in [0.1, 0.15) is 0 Å². The van der Waals surface area contributed by atoms with E-state index >= 15 is 0 Å². The molecule has 2 N–H and O–H groups in total. The Morgan fingerprint density at radius 2 is 2.00 bits per heavy atom. The Hall–Kier alpha value is -0.610. The lowest BCUT2D eigenvalue weighted by Gasteiger charge is -2.23. The van der Waals surface area contributed by atoms with Gasteiger partial charge in [-0.3, -0.25) is 4.79 Å². The zero-order chi connectivity index (χ0) is 14.5. The summed E-state index contributed by atoms with van der Waals surface area (Å²) >= 11 is 0. The van der Waals surface area contributed by atoms with Crippen molar-refractivity contribution in [3.8, 4) is 0 Å². The van der Waals surface area contributed by atoms with Gasteiger partial charge >= 0.3 is 0 Å². The number of hydrogen-bond acceptors (Lipinski definition) is 3. The van der Waals surface area contributed by atoms with Crippen molar-refractivity contribution in [2.75, 3.05) is 32.7 Å². The van der Waals surface area contributed by atoms with Crippen molar-refractivity contribution in [1.29, 1.82) is 0 Å². The molecule has 0 radical (unpaired) electrons. The van der Waals surface area contributed by atoms with Crippen LogP contribution in [0.3, 0.4) is 0 Å². The van der Waals surface area contributed by atoms with Gasteiger partial charge in [-0.15, -0.1) is 0 Å². The van der Waals surface area contributed by atoms with Crippen LogP contribution in [0, 0.1) is 11.8 Å². The maximum atomic E-state index is 12.4. The van der Waals surface area contributed by atoms with E-state index in [1.807, 2.05) is 0 Å². The molecule has 2 fully saturated rings. The van der Waals surface area contributed by atoms with Crippen LogP contribution < -0.4 is 5.73 Å². The number of nitrogens with zero attached hydrogens (tertiary/aromatic N) is 2. The molecular formula is C16H31N3O. The Labute approximate surface area is 123 Å². The van der Waals surface area contributed by atoms with Crippen LogP contribution in [0.15, 0.2) is 0 Å². The summed E-state index contributed by atoms with van der Waals surface area (Å²) in [5, 5.41) is 0. The van der Waals surface area contributed by atoms with E-state index in [2.05, 4.69) is 23.6 Å². The lowest BCUT2D eigenvalue weighted by molar-refractivity contribution is -0.131. The first-order chi connectivity index (χ1) is 9.63. The molecule has 1 amide bonds. The highest BCUT2D eigenvalue weighted by molar-refractivity contribution is 5.76. The van der Waals surface area contributed by atoms with E-state index < -0.39 is 0 Å². The Morgan fingerprint density at radius 3 is 2.60 bits per heavy atom. The average Bonchev–Trinajstić information content (AvgIpc) is 3.06. The molecule has 4 heteroatoms. The summed E-state index contributed by atoms with van der Waals surface area (Å²) in [4.78, 5) is 16.9. The number of carbonyl (C=O) groups excluding carboxylic acids is 1. The highest BCUT2D eigenvalue weighted by Gasteiger charge is 2.31. The molecule has 1 saturated carbocycles. The number of amides is 1. The smallest absolute Gasteiger partial charge is 0.222 e. The number of hydrogen-bond donors (Lipinski definition) is 1. The van der Waals surface area contributed by atoms with Gasteiger partial charge in [0.05, 0.1) is 0 Å². The summed E-state index contributed by atoms with van der Waals surface area (Å²) in [6.45, 7) is 9.69. The van der Waals surface area contributed by atoms with Crippen molar-refractivity contribution < 1.29 is 4.79 Å². The van der Waals surface area contributed by atoms with Crippen molar-refractivity contribution >= 4 is 5.91 Å². The Bertz CT molecular complexity index is 317. The van der Waals surface area contributed by atoms with E-state index in [0.29, 0.717) is 24.2 Å². The topological polar surface area (TPSA) is 49.6 Å². The van der Waals surface area contributed by atoms with Crippen molar-refractivity contribution in [3.63, 3.8) is 0 Å². The predicted octanol–water partition coefficient (Wildman–Crippen LogP) is 1.69. The first-order valence-corrected chi connectivity index (χ1v) is 8.39. The molecule has 1 heterocycles. The number of nitrogens with two attached hydrogens (primary N) is 1. The minimum absolute atomic E-state index is 0.257. The Kier molecular flexibility index (Phi) is 5.85.